The minimum atomic E-state index is -1.15. The van der Waals surface area contributed by atoms with Crippen molar-refractivity contribution in [3.05, 3.63) is 76.9 Å². The summed E-state index contributed by atoms with van der Waals surface area (Å²) in [5, 5.41) is 9.53. The van der Waals surface area contributed by atoms with Crippen LogP contribution >= 0.6 is 0 Å². The standard InChI is InChI=1S/C18H12O4/c19-16-13-9-5-4-8-12(13)10-14(17(16)20)15(18(21)22)11-6-2-1-3-7-11/h1-10,15H,(H,21,22). The zero-order chi connectivity index (χ0) is 15.7. The average Bonchev–Trinajstić information content (AvgIpc) is 2.53. The molecule has 0 radical (unpaired) electrons. The smallest absolute Gasteiger partial charge is 0.315 e. The lowest BCUT2D eigenvalue weighted by Gasteiger charge is -2.20. The third-order valence-electron chi connectivity index (χ3n) is 3.68. The number of hydrogen-bond donors (Lipinski definition) is 1. The number of hydrogen-bond acceptors (Lipinski definition) is 3. The van der Waals surface area contributed by atoms with Gasteiger partial charge in [0.25, 0.3) is 0 Å². The van der Waals surface area contributed by atoms with Crippen LogP contribution in [0.5, 0.6) is 0 Å². The number of rotatable bonds is 3. The summed E-state index contributed by atoms with van der Waals surface area (Å²) in [6, 6.07) is 15.1. The van der Waals surface area contributed by atoms with E-state index in [1.54, 1.807) is 54.6 Å². The average molecular weight is 292 g/mol. The number of carbonyl (C=O) groups excluding carboxylic acids is 2. The van der Waals surface area contributed by atoms with Crippen molar-refractivity contribution in [3.8, 4) is 0 Å². The SMILES string of the molecule is O=C1C(=O)c2ccccc2C=C1C(C(=O)O)c1ccccc1. The molecule has 0 fully saturated rings. The van der Waals surface area contributed by atoms with Gasteiger partial charge < -0.3 is 5.11 Å². The van der Waals surface area contributed by atoms with Gasteiger partial charge in [0.15, 0.2) is 0 Å². The van der Waals surface area contributed by atoms with Gasteiger partial charge in [0, 0.05) is 11.1 Å². The predicted molar refractivity (Wildman–Crippen MR) is 80.6 cm³/mol. The number of aliphatic carboxylic acids is 1. The van der Waals surface area contributed by atoms with Gasteiger partial charge in [-0.15, -0.1) is 0 Å². The first-order chi connectivity index (χ1) is 10.6. The Kier molecular flexibility index (Phi) is 3.43. The molecule has 1 aliphatic rings. The monoisotopic (exact) mass is 292 g/mol. The molecule has 0 amide bonds. The lowest BCUT2D eigenvalue weighted by Crippen LogP contribution is -2.28. The molecular weight excluding hydrogens is 280 g/mol. The molecule has 2 aromatic rings. The maximum atomic E-state index is 12.3. The van der Waals surface area contributed by atoms with Crippen molar-refractivity contribution in [2.45, 2.75) is 5.92 Å². The van der Waals surface area contributed by atoms with E-state index in [2.05, 4.69) is 0 Å². The Balaban J connectivity index is 2.17. The summed E-state index contributed by atoms with van der Waals surface area (Å²) in [6.45, 7) is 0. The number of ketones is 2. The highest BCUT2D eigenvalue weighted by molar-refractivity contribution is 6.52. The van der Waals surface area contributed by atoms with Gasteiger partial charge >= 0.3 is 5.97 Å². The van der Waals surface area contributed by atoms with Crippen LogP contribution < -0.4 is 0 Å². The zero-order valence-electron chi connectivity index (χ0n) is 11.5. The van der Waals surface area contributed by atoms with Gasteiger partial charge in [0.2, 0.25) is 11.6 Å². The molecule has 3 rings (SSSR count). The fourth-order valence-electron chi connectivity index (χ4n) is 2.63. The summed E-state index contributed by atoms with van der Waals surface area (Å²) in [5.41, 5.74) is 1.36. The summed E-state index contributed by atoms with van der Waals surface area (Å²) in [6.07, 6.45) is 1.50. The maximum Gasteiger partial charge on any atom is 0.315 e. The molecule has 1 atom stereocenters. The van der Waals surface area contributed by atoms with Crippen LogP contribution in [-0.4, -0.2) is 22.6 Å². The van der Waals surface area contributed by atoms with E-state index in [9.17, 15) is 19.5 Å². The lowest BCUT2D eigenvalue weighted by molar-refractivity contribution is -0.138. The third kappa shape index (κ3) is 2.24. The van der Waals surface area contributed by atoms with Crippen LogP contribution in [0.2, 0.25) is 0 Å². The van der Waals surface area contributed by atoms with Gasteiger partial charge in [-0.25, -0.2) is 0 Å². The van der Waals surface area contributed by atoms with Gasteiger partial charge in [-0.05, 0) is 17.2 Å². The van der Waals surface area contributed by atoms with Crippen molar-refractivity contribution in [3.63, 3.8) is 0 Å². The first-order valence-corrected chi connectivity index (χ1v) is 6.77. The van der Waals surface area contributed by atoms with E-state index in [1.165, 1.54) is 6.08 Å². The van der Waals surface area contributed by atoms with Crippen molar-refractivity contribution in [2.24, 2.45) is 0 Å². The molecule has 2 aromatic carbocycles. The summed E-state index contributed by atoms with van der Waals surface area (Å²) in [5.74, 6) is -3.71. The van der Waals surface area contributed by atoms with Crippen molar-refractivity contribution in [2.75, 3.05) is 0 Å². The van der Waals surface area contributed by atoms with Gasteiger partial charge in [-0.2, -0.15) is 0 Å². The van der Waals surface area contributed by atoms with E-state index < -0.39 is 23.5 Å². The van der Waals surface area contributed by atoms with Gasteiger partial charge in [0.1, 0.15) is 5.92 Å². The predicted octanol–water partition coefficient (Wildman–Crippen LogP) is 2.70. The zero-order valence-corrected chi connectivity index (χ0v) is 11.5. The van der Waals surface area contributed by atoms with Crippen molar-refractivity contribution in [1.82, 2.24) is 0 Å². The molecule has 22 heavy (non-hydrogen) atoms. The number of carboxylic acids is 1. The van der Waals surface area contributed by atoms with E-state index in [0.717, 1.165) is 0 Å². The summed E-state index contributed by atoms with van der Waals surface area (Å²) < 4.78 is 0. The molecule has 1 N–H and O–H groups in total. The number of fused-ring (bicyclic) bond motifs is 1. The second-order valence-electron chi connectivity index (χ2n) is 5.03. The maximum absolute atomic E-state index is 12.3. The van der Waals surface area contributed by atoms with Crippen LogP contribution in [-0.2, 0) is 9.59 Å². The van der Waals surface area contributed by atoms with Crippen molar-refractivity contribution >= 4 is 23.6 Å². The van der Waals surface area contributed by atoms with Crippen molar-refractivity contribution in [1.29, 1.82) is 0 Å². The topological polar surface area (TPSA) is 71.4 Å². The molecule has 4 heteroatoms. The molecular formula is C18H12O4. The Hall–Kier alpha value is -3.01. The first kappa shape index (κ1) is 13.9. The number of carboxylic acid groups (broad SMARTS) is 1. The van der Waals surface area contributed by atoms with E-state index >= 15 is 0 Å². The summed E-state index contributed by atoms with van der Waals surface area (Å²) in [7, 11) is 0. The molecule has 1 aliphatic carbocycles. The molecule has 4 nitrogen and oxygen atoms in total. The van der Waals surface area contributed by atoms with Crippen LogP contribution in [0.15, 0.2) is 60.2 Å². The minimum absolute atomic E-state index is 0.00222. The third-order valence-corrected chi connectivity index (χ3v) is 3.68. The minimum Gasteiger partial charge on any atom is -0.481 e. The number of carbonyl (C=O) groups is 3. The molecule has 1 unspecified atom stereocenters. The van der Waals surface area contributed by atoms with Crippen LogP contribution in [0.3, 0.4) is 0 Å². The Morgan fingerprint density at radius 3 is 2.18 bits per heavy atom. The van der Waals surface area contributed by atoms with Crippen LogP contribution in [0.25, 0.3) is 6.08 Å². The van der Waals surface area contributed by atoms with Gasteiger partial charge in [0.05, 0.1) is 0 Å². The second-order valence-corrected chi connectivity index (χ2v) is 5.03. The van der Waals surface area contributed by atoms with Crippen LogP contribution in [0.1, 0.15) is 27.4 Å². The fraction of sp³-hybridized carbons (Fsp3) is 0.0556. The Labute approximate surface area is 126 Å². The van der Waals surface area contributed by atoms with Crippen LogP contribution in [0.4, 0.5) is 0 Å². The van der Waals surface area contributed by atoms with Gasteiger partial charge in [-0.3, -0.25) is 14.4 Å². The lowest BCUT2D eigenvalue weighted by atomic mass is 9.81. The molecule has 0 saturated carbocycles. The number of benzene rings is 2. The highest BCUT2D eigenvalue weighted by Crippen LogP contribution is 2.32. The van der Waals surface area contributed by atoms with Crippen LogP contribution in [0, 0.1) is 0 Å². The largest absolute Gasteiger partial charge is 0.481 e. The normalized spacial score (nSPS) is 15.0. The van der Waals surface area contributed by atoms with E-state index in [1.807, 2.05) is 0 Å². The fourth-order valence-corrected chi connectivity index (χ4v) is 2.63. The summed E-state index contributed by atoms with van der Waals surface area (Å²) in [4.78, 5) is 36.2. The molecule has 0 spiro atoms. The molecule has 0 aromatic heterocycles. The molecule has 0 aliphatic heterocycles. The van der Waals surface area contributed by atoms with Gasteiger partial charge in [-0.1, -0.05) is 54.6 Å². The second kappa shape index (κ2) is 5.41. The van der Waals surface area contributed by atoms with E-state index in [-0.39, 0.29) is 5.57 Å². The molecule has 108 valence electrons. The molecule has 0 saturated heterocycles. The Morgan fingerprint density at radius 1 is 0.864 bits per heavy atom. The Morgan fingerprint density at radius 2 is 1.50 bits per heavy atom. The first-order valence-electron chi connectivity index (χ1n) is 6.77. The van der Waals surface area contributed by atoms with Crippen molar-refractivity contribution < 1.29 is 19.5 Å². The molecule has 0 heterocycles. The highest BCUT2D eigenvalue weighted by Gasteiger charge is 2.36. The molecule has 0 bridgehead atoms. The quantitative estimate of drug-likeness (QED) is 0.883. The number of Topliss-reactive ketones (excluding diaryl/α,β-unsaturated/α-hetero) is 2. The summed E-state index contributed by atoms with van der Waals surface area (Å²) >= 11 is 0. The van der Waals surface area contributed by atoms with E-state index in [0.29, 0.717) is 16.7 Å². The highest BCUT2D eigenvalue weighted by atomic mass is 16.4. The Bertz CT molecular complexity index is 803. The van der Waals surface area contributed by atoms with E-state index in [4.69, 9.17) is 0 Å².